The van der Waals surface area contributed by atoms with Gasteiger partial charge in [-0.1, -0.05) is 24.3 Å². The minimum Gasteiger partial charge on any atom is -0.490 e. The van der Waals surface area contributed by atoms with E-state index >= 15 is 0 Å². The summed E-state index contributed by atoms with van der Waals surface area (Å²) in [5.41, 5.74) is 1.41. The van der Waals surface area contributed by atoms with Gasteiger partial charge < -0.3 is 4.74 Å². The van der Waals surface area contributed by atoms with Gasteiger partial charge in [0.2, 0.25) is 0 Å². The third-order valence-electron chi connectivity index (χ3n) is 3.36. The fourth-order valence-electron chi connectivity index (χ4n) is 1.99. The molecule has 2 aromatic rings. The Morgan fingerprint density at radius 1 is 1.15 bits per heavy atom. The largest absolute Gasteiger partial charge is 0.490 e. The Hall–Kier alpha value is -2.16. The van der Waals surface area contributed by atoms with E-state index in [1.165, 1.54) is 6.07 Å². The van der Waals surface area contributed by atoms with Crippen LogP contribution in [0.15, 0.2) is 42.5 Å². The number of ether oxygens (including phenoxy) is 1. The molecule has 0 radical (unpaired) electrons. The van der Waals surface area contributed by atoms with Gasteiger partial charge in [-0.15, -0.1) is 0 Å². The van der Waals surface area contributed by atoms with Gasteiger partial charge in [-0.05, 0) is 43.5 Å². The topological polar surface area (TPSA) is 26.3 Å². The molecular formula is C17H15FO2. The zero-order valence-corrected chi connectivity index (χ0v) is 11.2. The van der Waals surface area contributed by atoms with E-state index in [0.29, 0.717) is 22.4 Å². The second-order valence-corrected chi connectivity index (χ2v) is 5.14. The zero-order valence-electron chi connectivity index (χ0n) is 11.2. The monoisotopic (exact) mass is 270 g/mol. The lowest BCUT2D eigenvalue weighted by molar-refractivity contribution is 0.103. The number of ketones is 1. The lowest BCUT2D eigenvalue weighted by Gasteiger charge is -2.07. The van der Waals surface area contributed by atoms with Crippen molar-refractivity contribution in [3.63, 3.8) is 0 Å². The highest BCUT2D eigenvalue weighted by Crippen LogP contribution is 2.27. The van der Waals surface area contributed by atoms with Gasteiger partial charge in [0.15, 0.2) is 5.78 Å². The Labute approximate surface area is 117 Å². The van der Waals surface area contributed by atoms with Gasteiger partial charge in [0.1, 0.15) is 11.6 Å². The fraction of sp³-hybridized carbons (Fsp3) is 0.235. The molecular weight excluding hydrogens is 255 g/mol. The summed E-state index contributed by atoms with van der Waals surface area (Å²) in [5.74, 6) is 0.150. The van der Waals surface area contributed by atoms with Crippen molar-refractivity contribution < 1.29 is 13.9 Å². The smallest absolute Gasteiger partial charge is 0.193 e. The first-order valence-electron chi connectivity index (χ1n) is 6.71. The molecule has 0 atom stereocenters. The molecule has 0 heterocycles. The van der Waals surface area contributed by atoms with Gasteiger partial charge in [-0.2, -0.15) is 0 Å². The van der Waals surface area contributed by atoms with Gasteiger partial charge in [-0.3, -0.25) is 4.79 Å². The third kappa shape index (κ3) is 2.72. The number of halogens is 1. The van der Waals surface area contributed by atoms with E-state index in [0.717, 1.165) is 12.8 Å². The summed E-state index contributed by atoms with van der Waals surface area (Å²) in [6.07, 6.45) is 2.43. The maximum atomic E-state index is 13.5. The first-order valence-corrected chi connectivity index (χ1v) is 6.71. The molecule has 3 rings (SSSR count). The molecule has 1 saturated carbocycles. The zero-order chi connectivity index (χ0) is 14.1. The van der Waals surface area contributed by atoms with Gasteiger partial charge >= 0.3 is 0 Å². The lowest BCUT2D eigenvalue weighted by Crippen LogP contribution is -2.03. The van der Waals surface area contributed by atoms with E-state index < -0.39 is 0 Å². The summed E-state index contributed by atoms with van der Waals surface area (Å²) in [7, 11) is 0. The Balaban J connectivity index is 1.86. The molecule has 0 unspecified atom stereocenters. The Kier molecular flexibility index (Phi) is 3.26. The van der Waals surface area contributed by atoms with E-state index in [4.69, 9.17) is 4.74 Å². The van der Waals surface area contributed by atoms with Gasteiger partial charge in [0, 0.05) is 11.1 Å². The number of carbonyl (C=O) groups excluding carboxylic acids is 1. The summed E-state index contributed by atoms with van der Waals surface area (Å²) in [4.78, 5) is 12.3. The number of hydrogen-bond acceptors (Lipinski definition) is 2. The molecule has 20 heavy (non-hydrogen) atoms. The third-order valence-corrected chi connectivity index (χ3v) is 3.36. The van der Waals surface area contributed by atoms with Crippen LogP contribution in [0.2, 0.25) is 0 Å². The van der Waals surface area contributed by atoms with Crippen molar-refractivity contribution in [2.24, 2.45) is 0 Å². The number of carbonyl (C=O) groups is 1. The molecule has 0 spiro atoms. The van der Waals surface area contributed by atoms with Gasteiger partial charge in [-0.25, -0.2) is 4.39 Å². The van der Waals surface area contributed by atoms with Crippen LogP contribution in [-0.2, 0) is 0 Å². The van der Waals surface area contributed by atoms with Gasteiger partial charge in [0.05, 0.1) is 6.10 Å². The molecule has 3 heteroatoms. The molecule has 2 aromatic carbocycles. The Morgan fingerprint density at radius 2 is 1.90 bits per heavy atom. The van der Waals surface area contributed by atoms with Crippen LogP contribution in [0.3, 0.4) is 0 Å². The number of aryl methyl sites for hydroxylation is 1. The van der Waals surface area contributed by atoms with Crippen molar-refractivity contribution >= 4 is 5.78 Å². The van der Waals surface area contributed by atoms with E-state index in [1.807, 2.05) is 6.07 Å². The summed E-state index contributed by atoms with van der Waals surface area (Å²) < 4.78 is 19.2. The van der Waals surface area contributed by atoms with E-state index in [-0.39, 0.29) is 17.7 Å². The molecule has 0 amide bonds. The molecule has 0 bridgehead atoms. The Morgan fingerprint density at radius 3 is 2.60 bits per heavy atom. The van der Waals surface area contributed by atoms with Crippen molar-refractivity contribution in [2.45, 2.75) is 25.9 Å². The second-order valence-electron chi connectivity index (χ2n) is 5.14. The molecule has 102 valence electrons. The first kappa shape index (κ1) is 12.9. The molecule has 0 N–H and O–H groups in total. The maximum absolute atomic E-state index is 13.5. The minimum atomic E-state index is -0.360. The van der Waals surface area contributed by atoms with Crippen molar-refractivity contribution in [1.82, 2.24) is 0 Å². The van der Waals surface area contributed by atoms with Crippen molar-refractivity contribution in [1.29, 1.82) is 0 Å². The fourth-order valence-corrected chi connectivity index (χ4v) is 1.99. The van der Waals surface area contributed by atoms with Crippen molar-refractivity contribution in [3.05, 3.63) is 65.0 Å². The molecule has 0 aromatic heterocycles. The Bertz CT molecular complexity index is 660. The van der Waals surface area contributed by atoms with Crippen LogP contribution in [0.25, 0.3) is 0 Å². The SMILES string of the molecule is Cc1ccc(C(=O)c2cccc(OC3CC3)c2)cc1F. The number of hydrogen-bond donors (Lipinski definition) is 0. The van der Waals surface area contributed by atoms with Crippen LogP contribution < -0.4 is 4.74 Å². The maximum Gasteiger partial charge on any atom is 0.193 e. The highest BCUT2D eigenvalue weighted by atomic mass is 19.1. The van der Waals surface area contributed by atoms with Crippen LogP contribution in [0.1, 0.15) is 34.3 Å². The number of benzene rings is 2. The average Bonchev–Trinajstić information content (AvgIpc) is 3.25. The lowest BCUT2D eigenvalue weighted by atomic mass is 10.0. The van der Waals surface area contributed by atoms with Crippen molar-refractivity contribution in [3.8, 4) is 5.75 Å². The molecule has 1 aliphatic carbocycles. The van der Waals surface area contributed by atoms with E-state index in [1.54, 1.807) is 37.3 Å². The predicted molar refractivity (Wildman–Crippen MR) is 74.7 cm³/mol. The second kappa shape index (κ2) is 5.08. The van der Waals surface area contributed by atoms with E-state index in [2.05, 4.69) is 0 Å². The molecule has 2 nitrogen and oxygen atoms in total. The molecule has 1 aliphatic rings. The van der Waals surface area contributed by atoms with Crippen LogP contribution >= 0.6 is 0 Å². The average molecular weight is 270 g/mol. The molecule has 1 fully saturated rings. The number of rotatable bonds is 4. The summed E-state index contributed by atoms with van der Waals surface area (Å²) >= 11 is 0. The predicted octanol–water partition coefficient (Wildman–Crippen LogP) is 3.91. The molecule has 0 aliphatic heterocycles. The quantitative estimate of drug-likeness (QED) is 0.787. The van der Waals surface area contributed by atoms with Crippen LogP contribution in [0, 0.1) is 12.7 Å². The van der Waals surface area contributed by atoms with E-state index in [9.17, 15) is 9.18 Å². The highest BCUT2D eigenvalue weighted by Gasteiger charge is 2.23. The van der Waals surface area contributed by atoms with Crippen molar-refractivity contribution in [2.75, 3.05) is 0 Å². The highest BCUT2D eigenvalue weighted by molar-refractivity contribution is 6.09. The summed E-state index contributed by atoms with van der Waals surface area (Å²) in [6.45, 7) is 1.67. The van der Waals surface area contributed by atoms with Crippen LogP contribution in [0.5, 0.6) is 5.75 Å². The summed E-state index contributed by atoms with van der Waals surface area (Å²) in [6, 6.07) is 11.6. The molecule has 0 saturated heterocycles. The normalized spacial score (nSPS) is 14.1. The summed E-state index contributed by atoms with van der Waals surface area (Å²) in [5, 5.41) is 0. The standard InChI is InChI=1S/C17H15FO2/c1-11-5-6-13(10-16(11)18)17(19)12-3-2-4-15(9-12)20-14-7-8-14/h2-6,9-10,14H,7-8H2,1H3. The van der Waals surface area contributed by atoms with Crippen LogP contribution in [0.4, 0.5) is 4.39 Å². The first-order chi connectivity index (χ1) is 9.63. The minimum absolute atomic E-state index is 0.190. The van der Waals surface area contributed by atoms with Crippen LogP contribution in [-0.4, -0.2) is 11.9 Å². The van der Waals surface area contributed by atoms with Gasteiger partial charge in [0.25, 0.3) is 0 Å².